The Morgan fingerprint density at radius 3 is 2.68 bits per heavy atom. The van der Waals surface area contributed by atoms with E-state index >= 15 is 0 Å². The molecule has 0 unspecified atom stereocenters. The smallest absolute Gasteiger partial charge is 0.255 e. The Labute approximate surface area is 143 Å². The number of rotatable bonds is 4. The van der Waals surface area contributed by atoms with Gasteiger partial charge < -0.3 is 10.4 Å². The first-order valence-corrected chi connectivity index (χ1v) is 8.06. The van der Waals surface area contributed by atoms with Gasteiger partial charge in [0.2, 0.25) is 0 Å². The second-order valence-electron chi connectivity index (χ2n) is 6.13. The molecular weight excluding hydrogens is 321 g/mol. The molecule has 126 valence electrons. The largest absolute Gasteiger partial charge is 0.506 e. The molecule has 5 nitrogen and oxygen atoms in total. The zero-order valence-corrected chi connectivity index (χ0v) is 13.3. The van der Waals surface area contributed by atoms with Crippen LogP contribution in [-0.4, -0.2) is 27.3 Å². The predicted octanol–water partition coefficient (Wildman–Crippen LogP) is 3.47. The molecule has 25 heavy (non-hydrogen) atoms. The summed E-state index contributed by atoms with van der Waals surface area (Å²) < 4.78 is 13.0. The van der Waals surface area contributed by atoms with Crippen LogP contribution in [0.5, 0.6) is 5.75 Å². The molecule has 4 rings (SSSR count). The highest BCUT2D eigenvalue weighted by atomic mass is 19.1. The summed E-state index contributed by atoms with van der Waals surface area (Å²) in [5, 5.41) is 20.9. The SMILES string of the molecule is O=C(NC1CC1)c1ccc2[nH]nc(/C=C/c3ccc(F)cc3)c2c1O. The molecule has 3 N–H and O–H groups in total. The highest BCUT2D eigenvalue weighted by Crippen LogP contribution is 2.32. The van der Waals surface area contributed by atoms with Gasteiger partial charge in [-0.2, -0.15) is 5.10 Å². The molecular formula is C19H16FN3O2. The molecule has 0 spiro atoms. The molecule has 0 radical (unpaired) electrons. The third kappa shape index (κ3) is 3.10. The van der Waals surface area contributed by atoms with Gasteiger partial charge in [-0.1, -0.05) is 18.2 Å². The van der Waals surface area contributed by atoms with Crippen LogP contribution in [0.2, 0.25) is 0 Å². The third-order valence-corrected chi connectivity index (χ3v) is 4.19. The van der Waals surface area contributed by atoms with Crippen molar-refractivity contribution in [1.82, 2.24) is 15.5 Å². The van der Waals surface area contributed by atoms with E-state index in [4.69, 9.17) is 0 Å². The normalized spacial score (nSPS) is 14.3. The van der Waals surface area contributed by atoms with Crippen LogP contribution < -0.4 is 5.32 Å². The number of carbonyl (C=O) groups is 1. The van der Waals surface area contributed by atoms with Crippen molar-refractivity contribution in [2.24, 2.45) is 0 Å². The summed E-state index contributed by atoms with van der Waals surface area (Å²) in [6.45, 7) is 0. The number of phenolic OH excluding ortho intramolecular Hbond substituents is 1. The summed E-state index contributed by atoms with van der Waals surface area (Å²) in [5.74, 6) is -0.675. The fourth-order valence-electron chi connectivity index (χ4n) is 2.66. The van der Waals surface area contributed by atoms with E-state index in [-0.39, 0.29) is 29.1 Å². The van der Waals surface area contributed by atoms with E-state index in [0.717, 1.165) is 18.4 Å². The van der Waals surface area contributed by atoms with E-state index in [0.29, 0.717) is 16.6 Å². The van der Waals surface area contributed by atoms with Crippen LogP contribution in [0, 0.1) is 5.82 Å². The lowest BCUT2D eigenvalue weighted by molar-refractivity contribution is 0.0948. The van der Waals surface area contributed by atoms with E-state index in [2.05, 4.69) is 15.5 Å². The summed E-state index contributed by atoms with van der Waals surface area (Å²) in [6.07, 6.45) is 5.44. The number of amides is 1. The molecule has 0 atom stereocenters. The van der Waals surface area contributed by atoms with Crippen molar-refractivity contribution in [2.45, 2.75) is 18.9 Å². The Morgan fingerprint density at radius 1 is 1.20 bits per heavy atom. The van der Waals surface area contributed by atoms with Gasteiger partial charge in [0, 0.05) is 6.04 Å². The number of fused-ring (bicyclic) bond motifs is 1. The molecule has 3 aromatic rings. The maximum Gasteiger partial charge on any atom is 0.255 e. The standard InChI is InChI=1S/C19H16FN3O2/c20-12-4-1-11(2-5-12)3-9-15-17-16(23-22-15)10-8-14(18(17)24)19(25)21-13-6-7-13/h1-5,8-10,13,24H,6-7H2,(H,21,25)(H,22,23)/b9-3+. The van der Waals surface area contributed by atoms with Crippen LogP contribution in [-0.2, 0) is 0 Å². The van der Waals surface area contributed by atoms with Gasteiger partial charge in [0.25, 0.3) is 5.91 Å². The van der Waals surface area contributed by atoms with Gasteiger partial charge in [0.05, 0.1) is 22.2 Å². The minimum Gasteiger partial charge on any atom is -0.506 e. The van der Waals surface area contributed by atoms with E-state index < -0.39 is 0 Å². The van der Waals surface area contributed by atoms with Crippen LogP contribution in [0.25, 0.3) is 23.1 Å². The topological polar surface area (TPSA) is 78.0 Å². The summed E-state index contributed by atoms with van der Waals surface area (Å²) >= 11 is 0. The fourth-order valence-corrected chi connectivity index (χ4v) is 2.66. The van der Waals surface area contributed by atoms with Gasteiger partial charge >= 0.3 is 0 Å². The average molecular weight is 337 g/mol. The Kier molecular flexibility index (Phi) is 3.72. The predicted molar refractivity (Wildman–Crippen MR) is 93.6 cm³/mol. The minimum absolute atomic E-state index is 0.0943. The number of nitrogens with one attached hydrogen (secondary N) is 2. The molecule has 0 aliphatic heterocycles. The molecule has 1 aliphatic rings. The summed E-state index contributed by atoms with van der Waals surface area (Å²) in [5.41, 5.74) is 2.19. The van der Waals surface area contributed by atoms with Crippen molar-refractivity contribution in [1.29, 1.82) is 0 Å². The molecule has 0 saturated heterocycles. The lowest BCUT2D eigenvalue weighted by Crippen LogP contribution is -2.25. The van der Waals surface area contributed by atoms with Gasteiger partial charge in [-0.05, 0) is 48.7 Å². The molecule has 1 saturated carbocycles. The zero-order valence-electron chi connectivity index (χ0n) is 13.3. The maximum absolute atomic E-state index is 13.0. The van der Waals surface area contributed by atoms with Gasteiger partial charge in [-0.3, -0.25) is 9.89 Å². The molecule has 0 bridgehead atoms. The lowest BCUT2D eigenvalue weighted by atomic mass is 10.1. The number of halogens is 1. The van der Waals surface area contributed by atoms with Gasteiger partial charge in [-0.15, -0.1) is 0 Å². The van der Waals surface area contributed by atoms with E-state index in [1.807, 2.05) is 0 Å². The Morgan fingerprint density at radius 2 is 1.96 bits per heavy atom. The number of H-pyrrole nitrogens is 1. The number of aromatic nitrogens is 2. The molecule has 1 heterocycles. The van der Waals surface area contributed by atoms with Crippen LogP contribution in [0.15, 0.2) is 36.4 Å². The molecule has 6 heteroatoms. The number of aromatic hydroxyl groups is 1. The van der Waals surface area contributed by atoms with Gasteiger partial charge in [0.15, 0.2) is 0 Å². The Bertz CT molecular complexity index is 972. The zero-order chi connectivity index (χ0) is 17.4. The van der Waals surface area contributed by atoms with Crippen LogP contribution in [0.3, 0.4) is 0 Å². The quantitative estimate of drug-likeness (QED) is 0.682. The number of hydrogen-bond donors (Lipinski definition) is 3. The third-order valence-electron chi connectivity index (χ3n) is 4.19. The second kappa shape index (κ2) is 6.05. The van der Waals surface area contributed by atoms with Crippen LogP contribution in [0.1, 0.15) is 34.5 Å². The number of carbonyl (C=O) groups excluding carboxylic acids is 1. The first-order valence-electron chi connectivity index (χ1n) is 8.06. The summed E-state index contributed by atoms with van der Waals surface area (Å²) in [4.78, 5) is 12.2. The van der Waals surface area contributed by atoms with Crippen molar-refractivity contribution < 1.29 is 14.3 Å². The van der Waals surface area contributed by atoms with E-state index in [1.165, 1.54) is 12.1 Å². The number of hydrogen-bond acceptors (Lipinski definition) is 3. The first kappa shape index (κ1) is 15.4. The number of benzene rings is 2. The minimum atomic E-state index is -0.300. The Balaban J connectivity index is 1.69. The fraction of sp³-hybridized carbons (Fsp3) is 0.158. The van der Waals surface area contributed by atoms with Gasteiger partial charge in [0.1, 0.15) is 11.6 Å². The average Bonchev–Trinajstić information content (AvgIpc) is 3.31. The van der Waals surface area contributed by atoms with Crippen LogP contribution >= 0.6 is 0 Å². The highest BCUT2D eigenvalue weighted by Gasteiger charge is 2.25. The maximum atomic E-state index is 13.0. The molecule has 1 amide bonds. The second-order valence-corrected chi connectivity index (χ2v) is 6.13. The lowest BCUT2D eigenvalue weighted by Gasteiger charge is -2.06. The summed E-state index contributed by atoms with van der Waals surface area (Å²) in [6, 6.07) is 9.56. The van der Waals surface area contributed by atoms with Crippen molar-refractivity contribution >= 4 is 29.0 Å². The van der Waals surface area contributed by atoms with Crippen molar-refractivity contribution in [2.75, 3.05) is 0 Å². The first-order chi connectivity index (χ1) is 12.1. The molecule has 1 aliphatic carbocycles. The number of phenols is 1. The number of aromatic amines is 1. The highest BCUT2D eigenvalue weighted by molar-refractivity contribution is 6.05. The van der Waals surface area contributed by atoms with E-state index in [1.54, 1.807) is 36.4 Å². The molecule has 1 fully saturated rings. The molecule has 1 aromatic heterocycles. The number of nitrogens with zero attached hydrogens (tertiary/aromatic N) is 1. The molecule has 2 aromatic carbocycles. The van der Waals surface area contributed by atoms with Crippen LogP contribution in [0.4, 0.5) is 4.39 Å². The Hall–Kier alpha value is -3.15. The summed E-state index contributed by atoms with van der Waals surface area (Å²) in [7, 11) is 0. The van der Waals surface area contributed by atoms with Crippen molar-refractivity contribution in [3.63, 3.8) is 0 Å². The van der Waals surface area contributed by atoms with E-state index in [9.17, 15) is 14.3 Å². The monoisotopic (exact) mass is 337 g/mol. The van der Waals surface area contributed by atoms with Crippen molar-refractivity contribution in [3.8, 4) is 5.75 Å². The van der Waals surface area contributed by atoms with Crippen molar-refractivity contribution in [3.05, 3.63) is 59.0 Å². The van der Waals surface area contributed by atoms with Gasteiger partial charge in [-0.25, -0.2) is 4.39 Å².